The van der Waals surface area contributed by atoms with E-state index < -0.39 is 0 Å². The first-order valence-electron chi connectivity index (χ1n) is 20.6. The molecule has 0 nitrogen and oxygen atoms in total. The summed E-state index contributed by atoms with van der Waals surface area (Å²) in [7, 11) is 0. The van der Waals surface area contributed by atoms with Gasteiger partial charge in [-0.3, -0.25) is 0 Å². The SMILES string of the molecule is Cc1ccc(C(c2ccc(C)cc2)(c2ccc(C)cc2)c2ccc(C)cc2)cc1.Cc1cccc(C(c2cccc(C)c2)(c2cccc(C)c2)c2cccc(C)c2)c1. The molecule has 0 heterocycles. The first-order valence-corrected chi connectivity index (χ1v) is 20.6. The van der Waals surface area contributed by atoms with Gasteiger partial charge in [0.25, 0.3) is 0 Å². The van der Waals surface area contributed by atoms with Crippen molar-refractivity contribution in [3.8, 4) is 0 Å². The van der Waals surface area contributed by atoms with Crippen LogP contribution in [0.3, 0.4) is 0 Å². The van der Waals surface area contributed by atoms with Gasteiger partial charge < -0.3 is 0 Å². The lowest BCUT2D eigenvalue weighted by Gasteiger charge is -2.37. The molecule has 0 radical (unpaired) electrons. The van der Waals surface area contributed by atoms with Gasteiger partial charge in [0.2, 0.25) is 0 Å². The fourth-order valence-electron chi connectivity index (χ4n) is 8.73. The van der Waals surface area contributed by atoms with E-state index in [2.05, 4.69) is 250 Å². The molecule has 0 amide bonds. The van der Waals surface area contributed by atoms with E-state index in [0.717, 1.165) is 0 Å². The molecule has 288 valence electrons. The fourth-order valence-corrected chi connectivity index (χ4v) is 8.73. The van der Waals surface area contributed by atoms with Crippen molar-refractivity contribution in [2.75, 3.05) is 0 Å². The summed E-state index contributed by atoms with van der Waals surface area (Å²) in [6.45, 7) is 17.3. The van der Waals surface area contributed by atoms with E-state index in [4.69, 9.17) is 0 Å². The Bertz CT molecular complexity index is 2230. The van der Waals surface area contributed by atoms with E-state index in [0.29, 0.717) is 0 Å². The van der Waals surface area contributed by atoms with Crippen LogP contribution in [0.5, 0.6) is 0 Å². The summed E-state index contributed by atoms with van der Waals surface area (Å²) in [4.78, 5) is 0. The largest absolute Gasteiger partial charge is 0.0701 e. The first-order chi connectivity index (χ1) is 28.0. The van der Waals surface area contributed by atoms with Crippen LogP contribution in [0.1, 0.15) is 89.0 Å². The lowest BCUT2D eigenvalue weighted by molar-refractivity contribution is 0.741. The molecule has 0 saturated heterocycles. The highest BCUT2D eigenvalue weighted by atomic mass is 14.4. The summed E-state index contributed by atoms with van der Waals surface area (Å²) in [5.41, 5.74) is 19.9. The van der Waals surface area contributed by atoms with Gasteiger partial charge in [0.05, 0.1) is 10.8 Å². The van der Waals surface area contributed by atoms with Crippen LogP contribution >= 0.6 is 0 Å². The molecule has 58 heavy (non-hydrogen) atoms. The van der Waals surface area contributed by atoms with E-state index in [-0.39, 0.29) is 10.8 Å². The molecule has 0 fully saturated rings. The number of hydrogen-bond donors (Lipinski definition) is 0. The molecule has 8 aromatic rings. The van der Waals surface area contributed by atoms with Crippen molar-refractivity contribution in [3.63, 3.8) is 0 Å². The molecule has 0 N–H and O–H groups in total. The molecule has 0 atom stereocenters. The Morgan fingerprint density at radius 3 is 0.569 bits per heavy atom. The lowest BCUT2D eigenvalue weighted by atomic mass is 9.64. The third-order valence-corrected chi connectivity index (χ3v) is 11.7. The van der Waals surface area contributed by atoms with E-state index in [1.165, 1.54) is 89.0 Å². The fraction of sp³-hybridized carbons (Fsp3) is 0.172. The first kappa shape index (κ1) is 40.0. The Morgan fingerprint density at radius 2 is 0.379 bits per heavy atom. The average Bonchev–Trinajstić information content (AvgIpc) is 3.21. The average molecular weight is 753 g/mol. The quantitative estimate of drug-likeness (QED) is 0.136. The van der Waals surface area contributed by atoms with Crippen molar-refractivity contribution in [3.05, 3.63) is 283 Å². The third kappa shape index (κ3) is 7.98. The Balaban J connectivity index is 0.000000177. The molecule has 0 saturated carbocycles. The van der Waals surface area contributed by atoms with Gasteiger partial charge in [0, 0.05) is 0 Å². The highest BCUT2D eigenvalue weighted by molar-refractivity contribution is 5.62. The van der Waals surface area contributed by atoms with Gasteiger partial charge in [0.1, 0.15) is 0 Å². The molecule has 0 bridgehead atoms. The number of aryl methyl sites for hydroxylation is 8. The van der Waals surface area contributed by atoms with Crippen LogP contribution < -0.4 is 0 Å². The van der Waals surface area contributed by atoms with Gasteiger partial charge in [-0.15, -0.1) is 0 Å². The Labute approximate surface area is 347 Å². The summed E-state index contributed by atoms with van der Waals surface area (Å²) >= 11 is 0. The number of hydrogen-bond acceptors (Lipinski definition) is 0. The van der Waals surface area contributed by atoms with Crippen molar-refractivity contribution < 1.29 is 0 Å². The van der Waals surface area contributed by atoms with Crippen LogP contribution in [0.15, 0.2) is 194 Å². The normalized spacial score (nSPS) is 11.4. The molecule has 0 heteroatoms. The summed E-state index contributed by atoms with van der Waals surface area (Å²) < 4.78 is 0. The number of rotatable bonds is 8. The second-order valence-corrected chi connectivity index (χ2v) is 16.4. The minimum absolute atomic E-state index is 0.358. The lowest BCUT2D eigenvalue weighted by Crippen LogP contribution is -2.31. The zero-order chi connectivity index (χ0) is 40.9. The third-order valence-electron chi connectivity index (χ3n) is 11.7. The smallest absolute Gasteiger partial charge is 0.0617 e. The number of benzene rings is 8. The molecule has 0 aliphatic heterocycles. The Kier molecular flexibility index (Phi) is 11.8. The Hall–Kier alpha value is -6.24. The minimum Gasteiger partial charge on any atom is -0.0617 e. The van der Waals surface area contributed by atoms with Gasteiger partial charge in [-0.1, -0.05) is 239 Å². The Morgan fingerprint density at radius 1 is 0.190 bits per heavy atom. The van der Waals surface area contributed by atoms with E-state index in [9.17, 15) is 0 Å². The maximum atomic E-state index is 2.34. The summed E-state index contributed by atoms with van der Waals surface area (Å²) in [6, 6.07) is 72.0. The topological polar surface area (TPSA) is 0 Å². The van der Waals surface area contributed by atoms with Gasteiger partial charge in [-0.05, 0) is 99.9 Å². The van der Waals surface area contributed by atoms with E-state index in [1.54, 1.807) is 0 Å². The molecular weight excluding hydrogens is 697 g/mol. The van der Waals surface area contributed by atoms with Crippen molar-refractivity contribution >= 4 is 0 Å². The van der Waals surface area contributed by atoms with E-state index >= 15 is 0 Å². The second-order valence-electron chi connectivity index (χ2n) is 16.4. The predicted molar refractivity (Wildman–Crippen MR) is 247 cm³/mol. The van der Waals surface area contributed by atoms with Crippen molar-refractivity contribution in [1.82, 2.24) is 0 Å². The van der Waals surface area contributed by atoms with Gasteiger partial charge in [-0.25, -0.2) is 0 Å². The van der Waals surface area contributed by atoms with Crippen LogP contribution in [0.25, 0.3) is 0 Å². The van der Waals surface area contributed by atoms with Crippen LogP contribution in [-0.2, 0) is 10.8 Å². The molecule has 0 unspecified atom stereocenters. The van der Waals surface area contributed by atoms with Crippen LogP contribution in [0.4, 0.5) is 0 Å². The zero-order valence-electron chi connectivity index (χ0n) is 35.5. The van der Waals surface area contributed by atoms with Gasteiger partial charge in [0.15, 0.2) is 0 Å². The zero-order valence-corrected chi connectivity index (χ0v) is 35.5. The van der Waals surface area contributed by atoms with E-state index in [1.807, 2.05) is 0 Å². The van der Waals surface area contributed by atoms with Crippen molar-refractivity contribution in [1.29, 1.82) is 0 Å². The monoisotopic (exact) mass is 752 g/mol. The molecule has 8 aromatic carbocycles. The molecule has 0 aliphatic rings. The molecule has 0 aliphatic carbocycles. The highest BCUT2D eigenvalue weighted by Gasteiger charge is 2.40. The van der Waals surface area contributed by atoms with Crippen LogP contribution in [-0.4, -0.2) is 0 Å². The van der Waals surface area contributed by atoms with Crippen LogP contribution in [0.2, 0.25) is 0 Å². The van der Waals surface area contributed by atoms with Gasteiger partial charge in [-0.2, -0.15) is 0 Å². The van der Waals surface area contributed by atoms with Crippen molar-refractivity contribution in [2.45, 2.75) is 66.2 Å². The maximum absolute atomic E-state index is 2.34. The highest BCUT2D eigenvalue weighted by Crippen LogP contribution is 2.47. The molecule has 8 rings (SSSR count). The summed E-state index contributed by atoms with van der Waals surface area (Å²) in [6.07, 6.45) is 0. The standard InChI is InChI=1S/2C29H28/c1-21-5-13-25(14-6-21)29(26-15-7-22(2)8-16-26,27-17-9-23(3)10-18-27)28-19-11-24(4)12-20-28;1-21-9-5-13-25(17-21)29(26-14-6-10-22(2)18-26,27-15-7-11-23(3)19-27)28-16-8-12-24(4)20-28/h2*5-20H,1-4H3. The second kappa shape index (κ2) is 17.1. The molecular formula is C58H56. The summed E-state index contributed by atoms with van der Waals surface area (Å²) in [5.74, 6) is 0. The molecule has 0 aromatic heterocycles. The minimum atomic E-state index is -0.365. The summed E-state index contributed by atoms with van der Waals surface area (Å²) in [5, 5.41) is 0. The van der Waals surface area contributed by atoms with Crippen LogP contribution in [0, 0.1) is 55.4 Å². The molecule has 0 spiro atoms. The van der Waals surface area contributed by atoms with Gasteiger partial charge >= 0.3 is 0 Å². The predicted octanol–water partition coefficient (Wildman–Crippen LogP) is 14.6. The van der Waals surface area contributed by atoms with Crippen molar-refractivity contribution in [2.24, 2.45) is 0 Å². The maximum Gasteiger partial charge on any atom is 0.0701 e.